The number of ether oxygens (including phenoxy) is 1. The fraction of sp³-hybridized carbons (Fsp3) is 0.417. The van der Waals surface area contributed by atoms with Crippen LogP contribution in [-0.4, -0.2) is 60.8 Å². The van der Waals surface area contributed by atoms with Crippen LogP contribution in [0.1, 0.15) is 34.3 Å². The first kappa shape index (κ1) is 21.1. The minimum absolute atomic E-state index is 0.0400. The van der Waals surface area contributed by atoms with E-state index in [9.17, 15) is 9.59 Å². The zero-order chi connectivity index (χ0) is 20.6. The van der Waals surface area contributed by atoms with Crippen LogP contribution in [0.3, 0.4) is 0 Å². The normalized spacial score (nSPS) is 14.6. The highest BCUT2D eigenvalue weighted by molar-refractivity contribution is 5.98. The Morgan fingerprint density at radius 1 is 0.897 bits per heavy atom. The summed E-state index contributed by atoms with van der Waals surface area (Å²) in [6.45, 7) is 8.63. The smallest absolute Gasteiger partial charge is 0.223 e. The number of carbonyl (C=O) groups is 2. The topological polar surface area (TPSA) is 49.9 Å². The maximum Gasteiger partial charge on any atom is 0.223 e. The highest BCUT2D eigenvalue weighted by Crippen LogP contribution is 2.14. The molecule has 1 heterocycles. The molecule has 0 atom stereocenters. The highest BCUT2D eigenvalue weighted by atomic mass is 16.5. The van der Waals surface area contributed by atoms with Crippen LogP contribution in [-0.2, 0) is 4.79 Å². The third-order valence-electron chi connectivity index (χ3n) is 5.54. The molecule has 0 bridgehead atoms. The molecule has 0 spiro atoms. The Labute approximate surface area is 173 Å². The number of benzene rings is 2. The Hall–Kier alpha value is -2.66. The summed E-state index contributed by atoms with van der Waals surface area (Å²) in [7, 11) is 0. The molecule has 1 saturated heterocycles. The van der Waals surface area contributed by atoms with Gasteiger partial charge in [0.25, 0.3) is 0 Å². The standard InChI is InChI=1S/C24H30N2O3/c1-19-8-9-21(18-20(19)2)23(27)10-11-24(28)26-14-12-25(13-15-26)16-17-29-22-6-4-3-5-7-22/h3-9,18H,10-17H2,1-2H3. The van der Waals surface area contributed by atoms with E-state index >= 15 is 0 Å². The van der Waals surface area contributed by atoms with E-state index in [0.717, 1.165) is 30.9 Å². The van der Waals surface area contributed by atoms with Gasteiger partial charge in [-0.1, -0.05) is 30.3 Å². The van der Waals surface area contributed by atoms with Crippen molar-refractivity contribution in [2.24, 2.45) is 0 Å². The number of Topliss-reactive ketones (excluding diaryl/α,β-unsaturated/α-hetero) is 1. The SMILES string of the molecule is Cc1ccc(C(=O)CCC(=O)N2CCN(CCOc3ccccc3)CC2)cc1C. The molecule has 29 heavy (non-hydrogen) atoms. The van der Waals surface area contributed by atoms with Gasteiger partial charge in [-0.25, -0.2) is 0 Å². The molecule has 0 N–H and O–H groups in total. The van der Waals surface area contributed by atoms with Gasteiger partial charge in [0.05, 0.1) is 0 Å². The fourth-order valence-electron chi connectivity index (χ4n) is 3.47. The summed E-state index contributed by atoms with van der Waals surface area (Å²) in [5.74, 6) is 0.996. The second kappa shape index (κ2) is 10.2. The quantitative estimate of drug-likeness (QED) is 0.643. The second-order valence-corrected chi connectivity index (χ2v) is 7.61. The average molecular weight is 395 g/mol. The molecule has 3 rings (SSSR count). The molecule has 5 heteroatoms. The van der Waals surface area contributed by atoms with Crippen molar-refractivity contribution in [3.8, 4) is 5.75 Å². The lowest BCUT2D eigenvalue weighted by atomic mass is 10.0. The number of ketones is 1. The highest BCUT2D eigenvalue weighted by Gasteiger charge is 2.21. The van der Waals surface area contributed by atoms with Crippen LogP contribution in [0.25, 0.3) is 0 Å². The van der Waals surface area contributed by atoms with Crippen LogP contribution in [0.2, 0.25) is 0 Å². The summed E-state index contributed by atoms with van der Waals surface area (Å²) < 4.78 is 5.75. The van der Waals surface area contributed by atoms with Crippen molar-refractivity contribution >= 4 is 11.7 Å². The Morgan fingerprint density at radius 2 is 1.62 bits per heavy atom. The van der Waals surface area contributed by atoms with E-state index in [4.69, 9.17) is 4.74 Å². The monoisotopic (exact) mass is 394 g/mol. The van der Waals surface area contributed by atoms with Crippen molar-refractivity contribution in [2.75, 3.05) is 39.3 Å². The molecule has 0 unspecified atom stereocenters. The van der Waals surface area contributed by atoms with Crippen molar-refractivity contribution in [2.45, 2.75) is 26.7 Å². The molecular weight excluding hydrogens is 364 g/mol. The first-order valence-corrected chi connectivity index (χ1v) is 10.3. The van der Waals surface area contributed by atoms with E-state index in [-0.39, 0.29) is 24.5 Å². The molecule has 1 amide bonds. The van der Waals surface area contributed by atoms with Crippen LogP contribution < -0.4 is 4.74 Å². The van der Waals surface area contributed by atoms with Gasteiger partial charge >= 0.3 is 0 Å². The predicted octanol–water partition coefficient (Wildman–Crippen LogP) is 3.49. The van der Waals surface area contributed by atoms with Crippen LogP contribution in [0, 0.1) is 13.8 Å². The Kier molecular flexibility index (Phi) is 7.42. The third kappa shape index (κ3) is 6.16. The molecule has 1 fully saturated rings. The van der Waals surface area contributed by atoms with E-state index in [1.807, 2.05) is 67.3 Å². The molecule has 1 aliphatic rings. The van der Waals surface area contributed by atoms with E-state index < -0.39 is 0 Å². The van der Waals surface area contributed by atoms with Gasteiger partial charge < -0.3 is 9.64 Å². The zero-order valence-corrected chi connectivity index (χ0v) is 17.4. The number of hydrogen-bond donors (Lipinski definition) is 0. The van der Waals surface area contributed by atoms with Gasteiger partial charge in [-0.2, -0.15) is 0 Å². The molecule has 0 radical (unpaired) electrons. The summed E-state index contributed by atoms with van der Waals surface area (Å²) in [6, 6.07) is 15.5. The minimum Gasteiger partial charge on any atom is -0.492 e. The van der Waals surface area contributed by atoms with Crippen LogP contribution >= 0.6 is 0 Å². The van der Waals surface area contributed by atoms with Gasteiger partial charge in [-0.05, 0) is 43.2 Å². The number of rotatable bonds is 8. The molecule has 2 aromatic rings. The number of nitrogens with zero attached hydrogens (tertiary/aromatic N) is 2. The van der Waals surface area contributed by atoms with E-state index in [2.05, 4.69) is 4.90 Å². The number of piperazine rings is 1. The number of hydrogen-bond acceptors (Lipinski definition) is 4. The van der Waals surface area contributed by atoms with E-state index in [1.54, 1.807) is 0 Å². The van der Waals surface area contributed by atoms with Crippen molar-refractivity contribution in [1.82, 2.24) is 9.80 Å². The van der Waals surface area contributed by atoms with Gasteiger partial charge in [-0.15, -0.1) is 0 Å². The molecule has 154 valence electrons. The summed E-state index contributed by atoms with van der Waals surface area (Å²) in [5.41, 5.74) is 2.98. The van der Waals surface area contributed by atoms with Gasteiger partial charge in [0.2, 0.25) is 5.91 Å². The van der Waals surface area contributed by atoms with E-state index in [1.165, 1.54) is 5.56 Å². The summed E-state index contributed by atoms with van der Waals surface area (Å²) in [5, 5.41) is 0. The van der Waals surface area contributed by atoms with Crippen LogP contribution in [0.5, 0.6) is 5.75 Å². The summed E-state index contributed by atoms with van der Waals surface area (Å²) >= 11 is 0. The van der Waals surface area contributed by atoms with Crippen LogP contribution in [0.4, 0.5) is 0 Å². The fourth-order valence-corrected chi connectivity index (χ4v) is 3.47. The van der Waals surface area contributed by atoms with Gasteiger partial charge in [0.15, 0.2) is 5.78 Å². The van der Waals surface area contributed by atoms with Gasteiger partial charge in [0, 0.05) is 51.1 Å². The van der Waals surface area contributed by atoms with Gasteiger partial charge in [-0.3, -0.25) is 14.5 Å². The van der Waals surface area contributed by atoms with Crippen molar-refractivity contribution < 1.29 is 14.3 Å². The average Bonchev–Trinajstić information content (AvgIpc) is 2.75. The van der Waals surface area contributed by atoms with Crippen molar-refractivity contribution in [1.29, 1.82) is 0 Å². The third-order valence-corrected chi connectivity index (χ3v) is 5.54. The Morgan fingerprint density at radius 3 is 2.31 bits per heavy atom. The van der Waals surface area contributed by atoms with Gasteiger partial charge in [0.1, 0.15) is 12.4 Å². The molecular formula is C24H30N2O3. The lowest BCUT2D eigenvalue weighted by molar-refractivity contribution is -0.132. The maximum atomic E-state index is 12.5. The molecule has 1 aliphatic heterocycles. The largest absolute Gasteiger partial charge is 0.492 e. The lowest BCUT2D eigenvalue weighted by Gasteiger charge is -2.34. The molecule has 5 nitrogen and oxygen atoms in total. The molecule has 0 saturated carbocycles. The van der Waals surface area contributed by atoms with Crippen molar-refractivity contribution in [3.63, 3.8) is 0 Å². The molecule has 2 aromatic carbocycles. The first-order chi connectivity index (χ1) is 14.0. The first-order valence-electron chi connectivity index (χ1n) is 10.3. The molecule has 0 aromatic heterocycles. The van der Waals surface area contributed by atoms with Crippen LogP contribution in [0.15, 0.2) is 48.5 Å². The maximum absolute atomic E-state index is 12.5. The number of para-hydroxylation sites is 1. The Bertz CT molecular complexity index is 827. The second-order valence-electron chi connectivity index (χ2n) is 7.61. The predicted molar refractivity (Wildman–Crippen MR) is 114 cm³/mol. The minimum atomic E-state index is 0.0400. The van der Waals surface area contributed by atoms with E-state index in [0.29, 0.717) is 25.3 Å². The summed E-state index contributed by atoms with van der Waals surface area (Å²) in [4.78, 5) is 29.1. The zero-order valence-electron chi connectivity index (χ0n) is 17.4. The van der Waals surface area contributed by atoms with Crippen molar-refractivity contribution in [3.05, 3.63) is 65.2 Å². The number of amides is 1. The lowest BCUT2D eigenvalue weighted by Crippen LogP contribution is -2.49. The Balaban J connectivity index is 1.36. The summed E-state index contributed by atoms with van der Waals surface area (Å²) in [6.07, 6.45) is 0.551. The molecule has 0 aliphatic carbocycles. The number of aryl methyl sites for hydroxylation is 2. The number of carbonyl (C=O) groups excluding carboxylic acids is 2.